The third-order valence-corrected chi connectivity index (χ3v) is 4.42. The van der Waals surface area contributed by atoms with Crippen LogP contribution in [-0.4, -0.2) is 38.7 Å². The lowest BCUT2D eigenvalue weighted by Crippen LogP contribution is -2.39. The summed E-state index contributed by atoms with van der Waals surface area (Å²) in [5.74, 6) is -0.882. The van der Waals surface area contributed by atoms with Crippen LogP contribution in [0, 0.1) is 5.82 Å². The van der Waals surface area contributed by atoms with Crippen LogP contribution in [0.5, 0.6) is 0 Å². The Balaban J connectivity index is 1.51. The molecule has 4 N–H and O–H groups in total. The van der Waals surface area contributed by atoms with Gasteiger partial charge in [-0.3, -0.25) is 19.7 Å². The molecule has 1 aliphatic heterocycles. The van der Waals surface area contributed by atoms with Gasteiger partial charge in [0.15, 0.2) is 5.82 Å². The molecular formula is C19H16FN7O2. The second kappa shape index (κ2) is 7.50. The number of hydrogen-bond donors (Lipinski definition) is 3. The van der Waals surface area contributed by atoms with E-state index in [0.717, 1.165) is 5.56 Å². The number of rotatable bonds is 5. The van der Waals surface area contributed by atoms with E-state index in [4.69, 9.17) is 5.73 Å². The molecule has 1 aliphatic rings. The molecule has 1 aromatic heterocycles. The van der Waals surface area contributed by atoms with Crippen molar-refractivity contribution in [2.75, 3.05) is 10.3 Å². The van der Waals surface area contributed by atoms with Gasteiger partial charge in [0.25, 0.3) is 5.91 Å². The number of carbonyl (C=O) groups excluding carboxylic acids is 2. The second-order valence-electron chi connectivity index (χ2n) is 6.36. The number of benzene rings is 2. The maximum Gasteiger partial charge on any atom is 0.271 e. The molecule has 0 fully saturated rings. The number of aromatic amines is 1. The van der Waals surface area contributed by atoms with Crippen molar-refractivity contribution in [3.05, 3.63) is 60.7 Å². The van der Waals surface area contributed by atoms with Crippen LogP contribution < -0.4 is 16.1 Å². The maximum atomic E-state index is 13.2. The molecule has 10 heteroatoms. The molecule has 2 amide bonds. The highest BCUT2D eigenvalue weighted by atomic mass is 19.1. The van der Waals surface area contributed by atoms with Gasteiger partial charge in [-0.15, -0.1) is 0 Å². The van der Waals surface area contributed by atoms with Crippen LogP contribution in [0.2, 0.25) is 0 Å². The number of primary amides is 1. The number of nitrogens with one attached hydrogen (secondary N) is 2. The monoisotopic (exact) mass is 393 g/mol. The normalized spacial score (nSPS) is 15.8. The minimum Gasteiger partial charge on any atom is -0.368 e. The SMILES string of the molecule is NC(=O)[C@@H]1CC(C(=O)Nc2ccc(-c3ncn[nH]3)cc2)=NN1c1ccc(F)cc1. The van der Waals surface area contributed by atoms with Gasteiger partial charge in [0, 0.05) is 17.7 Å². The standard InChI is InChI=1S/C19H16FN7O2/c20-12-3-7-14(8-4-12)27-16(17(21)28)9-15(26-27)19(29)24-13-5-1-11(2-6-13)18-22-10-23-25-18/h1-8,10,16H,9H2,(H2,21,28)(H,24,29)(H,22,23,25)/t16-/m0/s1. The van der Waals surface area contributed by atoms with E-state index in [1.54, 1.807) is 24.3 Å². The van der Waals surface area contributed by atoms with E-state index in [2.05, 4.69) is 25.6 Å². The number of anilines is 2. The zero-order valence-corrected chi connectivity index (χ0v) is 15.0. The summed E-state index contributed by atoms with van der Waals surface area (Å²) in [6.45, 7) is 0. The summed E-state index contributed by atoms with van der Waals surface area (Å²) in [5.41, 5.74) is 7.44. The number of hydrazone groups is 1. The molecular weight excluding hydrogens is 377 g/mol. The van der Waals surface area contributed by atoms with Crippen molar-refractivity contribution < 1.29 is 14.0 Å². The predicted molar refractivity (Wildman–Crippen MR) is 104 cm³/mol. The van der Waals surface area contributed by atoms with Crippen LogP contribution in [0.25, 0.3) is 11.4 Å². The first-order chi connectivity index (χ1) is 14.0. The average molecular weight is 393 g/mol. The van der Waals surface area contributed by atoms with E-state index in [1.807, 2.05) is 0 Å². The third-order valence-electron chi connectivity index (χ3n) is 4.42. The molecule has 0 bridgehead atoms. The van der Waals surface area contributed by atoms with Gasteiger partial charge in [-0.25, -0.2) is 9.37 Å². The molecule has 0 aliphatic carbocycles. The number of nitrogens with zero attached hydrogens (tertiary/aromatic N) is 4. The van der Waals surface area contributed by atoms with Crippen molar-refractivity contribution in [3.63, 3.8) is 0 Å². The summed E-state index contributed by atoms with van der Waals surface area (Å²) in [6, 6.07) is 11.6. The summed E-state index contributed by atoms with van der Waals surface area (Å²) in [5, 5.41) is 14.9. The number of amides is 2. The lowest BCUT2D eigenvalue weighted by Gasteiger charge is -2.20. The average Bonchev–Trinajstić information content (AvgIpc) is 3.39. The van der Waals surface area contributed by atoms with Gasteiger partial charge >= 0.3 is 0 Å². The Morgan fingerprint density at radius 2 is 1.86 bits per heavy atom. The van der Waals surface area contributed by atoms with E-state index < -0.39 is 23.7 Å². The van der Waals surface area contributed by atoms with Crippen LogP contribution in [0.3, 0.4) is 0 Å². The minimum atomic E-state index is -0.824. The number of nitrogens with two attached hydrogens (primary N) is 1. The topological polar surface area (TPSA) is 129 Å². The number of H-pyrrole nitrogens is 1. The van der Waals surface area contributed by atoms with Crippen molar-refractivity contribution in [1.29, 1.82) is 0 Å². The molecule has 9 nitrogen and oxygen atoms in total. The molecule has 0 unspecified atom stereocenters. The van der Waals surface area contributed by atoms with Crippen LogP contribution in [0.1, 0.15) is 6.42 Å². The highest BCUT2D eigenvalue weighted by molar-refractivity contribution is 6.44. The van der Waals surface area contributed by atoms with Crippen molar-refractivity contribution >= 4 is 28.9 Å². The Hall–Kier alpha value is -4.08. The lowest BCUT2D eigenvalue weighted by atomic mass is 10.1. The first-order valence-electron chi connectivity index (χ1n) is 8.70. The summed E-state index contributed by atoms with van der Waals surface area (Å²) >= 11 is 0. The molecule has 2 heterocycles. The largest absolute Gasteiger partial charge is 0.368 e. The van der Waals surface area contributed by atoms with Crippen LogP contribution in [-0.2, 0) is 9.59 Å². The van der Waals surface area contributed by atoms with Crippen molar-refractivity contribution in [2.24, 2.45) is 10.8 Å². The van der Waals surface area contributed by atoms with Gasteiger partial charge in [-0.05, 0) is 48.5 Å². The van der Waals surface area contributed by atoms with Crippen LogP contribution in [0.15, 0.2) is 60.0 Å². The highest BCUT2D eigenvalue weighted by Crippen LogP contribution is 2.25. The molecule has 0 radical (unpaired) electrons. The molecule has 3 aromatic rings. The van der Waals surface area contributed by atoms with E-state index in [1.165, 1.54) is 35.6 Å². The molecule has 0 saturated heterocycles. The summed E-state index contributed by atoms with van der Waals surface area (Å²) in [7, 11) is 0. The minimum absolute atomic E-state index is 0.0503. The Labute approximate surface area is 164 Å². The highest BCUT2D eigenvalue weighted by Gasteiger charge is 2.35. The molecule has 0 spiro atoms. The van der Waals surface area contributed by atoms with Gasteiger partial charge in [0.05, 0.1) is 5.69 Å². The predicted octanol–water partition coefficient (Wildman–Crippen LogP) is 1.67. The fourth-order valence-corrected chi connectivity index (χ4v) is 2.96. The van der Waals surface area contributed by atoms with Gasteiger partial charge in [-0.2, -0.15) is 10.2 Å². The quantitative estimate of drug-likeness (QED) is 0.607. The van der Waals surface area contributed by atoms with Gasteiger partial charge in [-0.1, -0.05) is 0 Å². The summed E-state index contributed by atoms with van der Waals surface area (Å²) in [6.07, 6.45) is 1.46. The molecule has 0 saturated carbocycles. The lowest BCUT2D eigenvalue weighted by molar-refractivity contribution is -0.119. The van der Waals surface area contributed by atoms with Crippen molar-refractivity contribution in [2.45, 2.75) is 12.5 Å². The summed E-state index contributed by atoms with van der Waals surface area (Å²) in [4.78, 5) is 28.5. The first kappa shape index (κ1) is 18.3. The van der Waals surface area contributed by atoms with E-state index in [9.17, 15) is 14.0 Å². The second-order valence-corrected chi connectivity index (χ2v) is 6.36. The van der Waals surface area contributed by atoms with Gasteiger partial charge in [0.2, 0.25) is 5.91 Å². The van der Waals surface area contributed by atoms with Gasteiger partial charge in [0.1, 0.15) is 23.9 Å². The number of halogens is 1. The summed E-state index contributed by atoms with van der Waals surface area (Å²) < 4.78 is 13.2. The van der Waals surface area contributed by atoms with Gasteiger partial charge < -0.3 is 11.1 Å². The number of carbonyl (C=O) groups is 2. The fourth-order valence-electron chi connectivity index (χ4n) is 2.96. The molecule has 29 heavy (non-hydrogen) atoms. The first-order valence-corrected chi connectivity index (χ1v) is 8.70. The zero-order chi connectivity index (χ0) is 20.4. The fraction of sp³-hybridized carbons (Fsp3) is 0.105. The number of hydrogen-bond acceptors (Lipinski definition) is 6. The maximum absolute atomic E-state index is 13.2. The smallest absolute Gasteiger partial charge is 0.271 e. The van der Waals surface area contributed by atoms with E-state index >= 15 is 0 Å². The van der Waals surface area contributed by atoms with E-state index in [0.29, 0.717) is 17.2 Å². The zero-order valence-electron chi connectivity index (χ0n) is 15.0. The van der Waals surface area contributed by atoms with Crippen LogP contribution in [0.4, 0.5) is 15.8 Å². The number of aromatic nitrogens is 3. The molecule has 1 atom stereocenters. The molecule has 146 valence electrons. The molecule has 2 aromatic carbocycles. The Morgan fingerprint density at radius 3 is 2.48 bits per heavy atom. The Morgan fingerprint density at radius 1 is 1.14 bits per heavy atom. The van der Waals surface area contributed by atoms with Crippen LogP contribution >= 0.6 is 0 Å². The van der Waals surface area contributed by atoms with Crippen molar-refractivity contribution in [1.82, 2.24) is 15.2 Å². The third kappa shape index (κ3) is 3.81. The Bertz CT molecular complexity index is 1060. The van der Waals surface area contributed by atoms with Crippen molar-refractivity contribution in [3.8, 4) is 11.4 Å². The molecule has 4 rings (SSSR count). The van der Waals surface area contributed by atoms with E-state index in [-0.39, 0.29) is 12.1 Å². The Kier molecular flexibility index (Phi) is 4.73.